The normalized spacial score (nSPS) is 16.7. The zero-order chi connectivity index (χ0) is 19.4. The molecule has 3 rings (SSSR count). The molecular formula is C21H24ClN3O2. The first-order chi connectivity index (χ1) is 12.9. The average Bonchev–Trinajstić information content (AvgIpc) is 2.70. The molecule has 1 fully saturated rings. The maximum Gasteiger partial charge on any atom is 0.247 e. The summed E-state index contributed by atoms with van der Waals surface area (Å²) in [5.74, 6) is -0.0966. The Balaban J connectivity index is 1.59. The molecule has 1 saturated heterocycles. The number of rotatable bonds is 4. The molecule has 0 spiro atoms. The van der Waals surface area contributed by atoms with Gasteiger partial charge in [0.05, 0.1) is 6.42 Å². The van der Waals surface area contributed by atoms with Crippen molar-refractivity contribution < 1.29 is 9.59 Å². The molecule has 2 amide bonds. The minimum atomic E-state index is -1.08. The molecule has 0 aromatic heterocycles. The van der Waals surface area contributed by atoms with Crippen LogP contribution in [0.15, 0.2) is 54.6 Å². The van der Waals surface area contributed by atoms with Crippen LogP contribution in [0.2, 0.25) is 5.02 Å². The number of halogens is 1. The van der Waals surface area contributed by atoms with Gasteiger partial charge in [-0.1, -0.05) is 60.1 Å². The van der Waals surface area contributed by atoms with Crippen molar-refractivity contribution in [1.29, 1.82) is 0 Å². The summed E-state index contributed by atoms with van der Waals surface area (Å²) in [6, 6.07) is 16.7. The van der Waals surface area contributed by atoms with Crippen LogP contribution < -0.4 is 5.73 Å². The Labute approximate surface area is 164 Å². The Bertz CT molecular complexity index is 815. The highest BCUT2D eigenvalue weighted by atomic mass is 35.5. The van der Waals surface area contributed by atoms with E-state index in [-0.39, 0.29) is 18.2 Å². The van der Waals surface area contributed by atoms with Crippen LogP contribution in [0.25, 0.3) is 0 Å². The van der Waals surface area contributed by atoms with E-state index >= 15 is 0 Å². The summed E-state index contributed by atoms with van der Waals surface area (Å²) in [6.45, 7) is 3.69. The molecule has 0 saturated carbocycles. The third kappa shape index (κ3) is 4.31. The molecular weight excluding hydrogens is 362 g/mol. The zero-order valence-corrected chi connectivity index (χ0v) is 16.2. The highest BCUT2D eigenvalue weighted by Crippen LogP contribution is 2.22. The van der Waals surface area contributed by atoms with Crippen molar-refractivity contribution >= 4 is 23.4 Å². The van der Waals surface area contributed by atoms with Crippen LogP contribution in [0.4, 0.5) is 0 Å². The molecule has 0 bridgehead atoms. The van der Waals surface area contributed by atoms with Crippen LogP contribution in [0, 0.1) is 0 Å². The monoisotopic (exact) mass is 385 g/mol. The summed E-state index contributed by atoms with van der Waals surface area (Å²) in [4.78, 5) is 29.0. The highest BCUT2D eigenvalue weighted by molar-refractivity contribution is 6.31. The van der Waals surface area contributed by atoms with Gasteiger partial charge in [-0.15, -0.1) is 0 Å². The van der Waals surface area contributed by atoms with Gasteiger partial charge in [0, 0.05) is 31.2 Å². The Hall–Kier alpha value is -2.37. The number of hydrogen-bond acceptors (Lipinski definition) is 3. The van der Waals surface area contributed by atoms with Crippen LogP contribution >= 0.6 is 11.6 Å². The van der Waals surface area contributed by atoms with Crippen molar-refractivity contribution in [1.82, 2.24) is 9.80 Å². The molecule has 6 heteroatoms. The molecule has 142 valence electrons. The fraction of sp³-hybridized carbons (Fsp3) is 0.333. The fourth-order valence-corrected chi connectivity index (χ4v) is 3.51. The Morgan fingerprint density at radius 1 is 0.963 bits per heavy atom. The van der Waals surface area contributed by atoms with Gasteiger partial charge >= 0.3 is 0 Å². The van der Waals surface area contributed by atoms with Crippen molar-refractivity contribution in [3.05, 3.63) is 70.7 Å². The lowest BCUT2D eigenvalue weighted by Gasteiger charge is -2.38. The minimum Gasteiger partial charge on any atom is -0.339 e. The summed E-state index contributed by atoms with van der Waals surface area (Å²) < 4.78 is 0. The van der Waals surface area contributed by atoms with E-state index in [2.05, 4.69) is 0 Å². The van der Waals surface area contributed by atoms with Gasteiger partial charge in [-0.05, 0) is 24.1 Å². The van der Waals surface area contributed by atoms with Gasteiger partial charge in [-0.2, -0.15) is 0 Å². The minimum absolute atomic E-state index is 0.0220. The number of hydrogen-bond donors (Lipinski definition) is 1. The maximum atomic E-state index is 12.9. The SMILES string of the molecule is CC(N)(C(=O)N1CCN(C(=O)Cc2ccccc2Cl)CC1)c1ccccc1. The topological polar surface area (TPSA) is 66.6 Å². The molecule has 0 aliphatic carbocycles. The van der Waals surface area contributed by atoms with Crippen LogP contribution in [0.3, 0.4) is 0 Å². The number of carbonyl (C=O) groups is 2. The number of nitrogens with zero attached hydrogens (tertiary/aromatic N) is 2. The Morgan fingerprint density at radius 3 is 2.15 bits per heavy atom. The molecule has 2 aromatic carbocycles. The van der Waals surface area contributed by atoms with Crippen LogP contribution in [0.5, 0.6) is 0 Å². The Morgan fingerprint density at radius 2 is 1.52 bits per heavy atom. The van der Waals surface area contributed by atoms with Crippen molar-refractivity contribution in [3.63, 3.8) is 0 Å². The molecule has 1 aliphatic rings. The van der Waals surface area contributed by atoms with E-state index in [0.29, 0.717) is 31.2 Å². The number of amides is 2. The number of piperazine rings is 1. The fourth-order valence-electron chi connectivity index (χ4n) is 3.31. The van der Waals surface area contributed by atoms with Crippen molar-refractivity contribution in [3.8, 4) is 0 Å². The quantitative estimate of drug-likeness (QED) is 0.878. The summed E-state index contributed by atoms with van der Waals surface area (Å²) in [7, 11) is 0. The van der Waals surface area contributed by atoms with Gasteiger partial charge in [-0.25, -0.2) is 0 Å². The first-order valence-electron chi connectivity index (χ1n) is 9.04. The molecule has 1 aliphatic heterocycles. The summed E-state index contributed by atoms with van der Waals surface area (Å²) in [6.07, 6.45) is 0.270. The van der Waals surface area contributed by atoms with Gasteiger partial charge in [0.15, 0.2) is 0 Å². The van der Waals surface area contributed by atoms with Crippen molar-refractivity contribution in [2.45, 2.75) is 18.9 Å². The summed E-state index contributed by atoms with van der Waals surface area (Å²) in [5.41, 5.74) is 6.87. The largest absolute Gasteiger partial charge is 0.339 e. The highest BCUT2D eigenvalue weighted by Gasteiger charge is 2.36. The molecule has 27 heavy (non-hydrogen) atoms. The lowest BCUT2D eigenvalue weighted by Crippen LogP contribution is -2.57. The van der Waals surface area contributed by atoms with Crippen molar-refractivity contribution in [2.75, 3.05) is 26.2 Å². The average molecular weight is 386 g/mol. The molecule has 2 aromatic rings. The molecule has 1 atom stereocenters. The van der Waals surface area contributed by atoms with Gasteiger partial charge in [0.1, 0.15) is 5.54 Å². The number of benzene rings is 2. The second-order valence-corrected chi connectivity index (χ2v) is 7.42. The van der Waals surface area contributed by atoms with E-state index in [1.54, 1.807) is 22.8 Å². The van der Waals surface area contributed by atoms with Gasteiger partial charge in [-0.3, -0.25) is 9.59 Å². The smallest absolute Gasteiger partial charge is 0.247 e. The third-order valence-corrected chi connectivity index (χ3v) is 5.41. The number of nitrogens with two attached hydrogens (primary N) is 1. The number of carbonyl (C=O) groups excluding carboxylic acids is 2. The zero-order valence-electron chi connectivity index (χ0n) is 15.4. The Kier molecular flexibility index (Phi) is 5.82. The summed E-state index contributed by atoms with van der Waals surface area (Å²) in [5, 5.41) is 0.599. The van der Waals surface area contributed by atoms with E-state index in [1.807, 2.05) is 48.5 Å². The van der Waals surface area contributed by atoms with Crippen molar-refractivity contribution in [2.24, 2.45) is 5.73 Å². The molecule has 1 unspecified atom stereocenters. The van der Waals surface area contributed by atoms with Crippen LogP contribution in [0.1, 0.15) is 18.1 Å². The predicted molar refractivity (Wildman–Crippen MR) is 106 cm³/mol. The first-order valence-corrected chi connectivity index (χ1v) is 9.42. The van der Waals surface area contributed by atoms with Crippen LogP contribution in [-0.4, -0.2) is 47.8 Å². The van der Waals surface area contributed by atoms with E-state index in [0.717, 1.165) is 11.1 Å². The lowest BCUT2D eigenvalue weighted by molar-refractivity contribution is -0.142. The van der Waals surface area contributed by atoms with E-state index < -0.39 is 5.54 Å². The van der Waals surface area contributed by atoms with E-state index in [4.69, 9.17) is 17.3 Å². The van der Waals surface area contributed by atoms with Crippen LogP contribution in [-0.2, 0) is 21.5 Å². The van der Waals surface area contributed by atoms with Gasteiger partial charge in [0.25, 0.3) is 0 Å². The first kappa shape index (κ1) is 19.4. The lowest BCUT2D eigenvalue weighted by atomic mass is 9.91. The molecule has 0 radical (unpaired) electrons. The predicted octanol–water partition coefficient (Wildman–Crippen LogP) is 2.43. The third-order valence-electron chi connectivity index (χ3n) is 5.04. The van der Waals surface area contributed by atoms with E-state index in [1.165, 1.54) is 0 Å². The van der Waals surface area contributed by atoms with E-state index in [9.17, 15) is 9.59 Å². The molecule has 1 heterocycles. The van der Waals surface area contributed by atoms with Gasteiger partial charge in [0.2, 0.25) is 11.8 Å². The maximum absolute atomic E-state index is 12.9. The second kappa shape index (κ2) is 8.11. The molecule has 2 N–H and O–H groups in total. The standard InChI is InChI=1S/C21H24ClN3O2/c1-21(23,17-8-3-2-4-9-17)20(27)25-13-11-24(12-14-25)19(26)15-16-7-5-6-10-18(16)22/h2-10H,11-15,23H2,1H3. The van der Waals surface area contributed by atoms with Gasteiger partial charge < -0.3 is 15.5 Å². The second-order valence-electron chi connectivity index (χ2n) is 7.01. The molecule has 5 nitrogen and oxygen atoms in total. The summed E-state index contributed by atoms with van der Waals surface area (Å²) >= 11 is 6.14.